The second kappa shape index (κ2) is 10.9. The second-order valence-electron chi connectivity index (χ2n) is 4.91. The molecule has 1 fully saturated rings. The SMILES string of the molecule is CCOc1c(F)cc([C@H](CC#N)N2CCNCC2)cc1Cl.Cl.Cl. The Morgan fingerprint density at radius 3 is 2.57 bits per heavy atom. The predicted octanol–water partition coefficient (Wildman–Crippen LogP) is 3.58. The van der Waals surface area contributed by atoms with E-state index in [-0.39, 0.29) is 41.6 Å². The number of ether oxygens (including phenoxy) is 1. The highest BCUT2D eigenvalue weighted by molar-refractivity contribution is 6.32. The van der Waals surface area contributed by atoms with Crippen LogP contribution < -0.4 is 10.1 Å². The second-order valence-corrected chi connectivity index (χ2v) is 5.32. The Kier molecular flexibility index (Phi) is 10.5. The summed E-state index contributed by atoms with van der Waals surface area (Å²) in [6, 6.07) is 5.18. The average Bonchev–Trinajstić information content (AvgIpc) is 2.49. The van der Waals surface area contributed by atoms with Gasteiger partial charge in [0.25, 0.3) is 0 Å². The average molecular weight is 385 g/mol. The first-order chi connectivity index (χ1) is 10.2. The lowest BCUT2D eigenvalue weighted by Crippen LogP contribution is -2.45. The first kappa shape index (κ1) is 22.2. The Labute approximate surface area is 153 Å². The molecule has 1 aliphatic rings. The van der Waals surface area contributed by atoms with Crippen molar-refractivity contribution < 1.29 is 9.13 Å². The van der Waals surface area contributed by atoms with Crippen LogP contribution in [0.2, 0.25) is 5.02 Å². The lowest BCUT2D eigenvalue weighted by Gasteiger charge is -2.34. The molecular weight excluding hydrogens is 364 g/mol. The number of rotatable bonds is 5. The zero-order chi connectivity index (χ0) is 15.2. The van der Waals surface area contributed by atoms with Crippen LogP contribution in [0.25, 0.3) is 0 Å². The Morgan fingerprint density at radius 2 is 2.04 bits per heavy atom. The molecule has 0 radical (unpaired) electrons. The van der Waals surface area contributed by atoms with Crippen LogP contribution in [-0.2, 0) is 0 Å². The highest BCUT2D eigenvalue weighted by Crippen LogP contribution is 2.34. The third-order valence-corrected chi connectivity index (χ3v) is 3.85. The number of nitrogens with zero attached hydrogens (tertiary/aromatic N) is 2. The number of piperazine rings is 1. The van der Waals surface area contributed by atoms with Gasteiger partial charge < -0.3 is 10.1 Å². The minimum absolute atomic E-state index is 0. The van der Waals surface area contributed by atoms with Gasteiger partial charge in [0.15, 0.2) is 11.6 Å². The molecule has 8 heteroatoms. The number of hydrogen-bond donors (Lipinski definition) is 1. The van der Waals surface area contributed by atoms with Gasteiger partial charge in [0.1, 0.15) is 0 Å². The molecule has 1 N–H and O–H groups in total. The van der Waals surface area contributed by atoms with Crippen LogP contribution in [0.15, 0.2) is 12.1 Å². The highest BCUT2D eigenvalue weighted by Gasteiger charge is 2.24. The molecule has 1 aliphatic heterocycles. The molecule has 0 bridgehead atoms. The molecule has 0 saturated carbocycles. The minimum Gasteiger partial charge on any atom is -0.489 e. The van der Waals surface area contributed by atoms with Gasteiger partial charge in [-0.1, -0.05) is 11.6 Å². The van der Waals surface area contributed by atoms with E-state index in [0.717, 1.165) is 31.7 Å². The molecule has 23 heavy (non-hydrogen) atoms. The summed E-state index contributed by atoms with van der Waals surface area (Å²) in [5.74, 6) is -0.392. The predicted molar refractivity (Wildman–Crippen MR) is 94.5 cm³/mol. The molecule has 130 valence electrons. The molecule has 0 amide bonds. The van der Waals surface area contributed by atoms with Crippen molar-refractivity contribution in [2.45, 2.75) is 19.4 Å². The van der Waals surface area contributed by atoms with E-state index in [1.54, 1.807) is 13.0 Å². The van der Waals surface area contributed by atoms with Gasteiger partial charge in [0.2, 0.25) is 0 Å². The third kappa shape index (κ3) is 5.66. The molecule has 0 unspecified atom stereocenters. The topological polar surface area (TPSA) is 48.3 Å². The fourth-order valence-electron chi connectivity index (χ4n) is 2.59. The van der Waals surface area contributed by atoms with Gasteiger partial charge in [-0.15, -0.1) is 24.8 Å². The summed E-state index contributed by atoms with van der Waals surface area (Å²) >= 11 is 6.12. The quantitative estimate of drug-likeness (QED) is 0.843. The molecule has 1 aromatic rings. The van der Waals surface area contributed by atoms with Gasteiger partial charge >= 0.3 is 0 Å². The smallest absolute Gasteiger partial charge is 0.173 e. The maximum Gasteiger partial charge on any atom is 0.173 e. The van der Waals surface area contributed by atoms with Crippen LogP contribution in [0, 0.1) is 17.1 Å². The van der Waals surface area contributed by atoms with Crippen molar-refractivity contribution in [1.82, 2.24) is 10.2 Å². The summed E-state index contributed by atoms with van der Waals surface area (Å²) in [5, 5.41) is 12.6. The maximum absolute atomic E-state index is 14.1. The Hall–Kier alpha value is -0.770. The van der Waals surface area contributed by atoms with Gasteiger partial charge in [0, 0.05) is 32.2 Å². The number of benzene rings is 1. The number of halogens is 4. The van der Waals surface area contributed by atoms with E-state index in [2.05, 4.69) is 16.3 Å². The van der Waals surface area contributed by atoms with E-state index in [0.29, 0.717) is 13.0 Å². The van der Waals surface area contributed by atoms with E-state index in [4.69, 9.17) is 21.6 Å². The monoisotopic (exact) mass is 383 g/mol. The Bertz CT molecular complexity index is 510. The van der Waals surface area contributed by atoms with Crippen LogP contribution >= 0.6 is 36.4 Å². The summed E-state index contributed by atoms with van der Waals surface area (Å²) in [7, 11) is 0. The summed E-state index contributed by atoms with van der Waals surface area (Å²) in [4.78, 5) is 2.19. The summed E-state index contributed by atoms with van der Waals surface area (Å²) in [6.45, 7) is 5.54. The van der Waals surface area contributed by atoms with Gasteiger partial charge in [-0.25, -0.2) is 4.39 Å². The van der Waals surface area contributed by atoms with Crippen LogP contribution in [0.5, 0.6) is 5.75 Å². The lowest BCUT2D eigenvalue weighted by molar-refractivity contribution is 0.175. The normalized spacial score (nSPS) is 15.7. The number of nitrogens with one attached hydrogen (secondary N) is 1. The number of nitriles is 1. The summed E-state index contributed by atoms with van der Waals surface area (Å²) in [5.41, 5.74) is 0.726. The fourth-order valence-corrected chi connectivity index (χ4v) is 2.86. The Morgan fingerprint density at radius 1 is 1.39 bits per heavy atom. The van der Waals surface area contributed by atoms with E-state index >= 15 is 0 Å². The number of hydrogen-bond acceptors (Lipinski definition) is 4. The highest BCUT2D eigenvalue weighted by atomic mass is 35.5. The largest absolute Gasteiger partial charge is 0.489 e. The summed E-state index contributed by atoms with van der Waals surface area (Å²) in [6.07, 6.45) is 0.309. The minimum atomic E-state index is -0.475. The fraction of sp³-hybridized carbons (Fsp3) is 0.533. The molecular formula is C15H21Cl3FN3O. The van der Waals surface area contributed by atoms with Crippen LogP contribution in [-0.4, -0.2) is 37.7 Å². The lowest BCUT2D eigenvalue weighted by atomic mass is 10.0. The van der Waals surface area contributed by atoms with Crippen LogP contribution in [0.4, 0.5) is 4.39 Å². The molecule has 0 aromatic heterocycles. The Balaban J connectivity index is 0.00000242. The van der Waals surface area contributed by atoms with E-state index in [1.807, 2.05) is 0 Å². The molecule has 0 aliphatic carbocycles. The molecule has 0 spiro atoms. The maximum atomic E-state index is 14.1. The van der Waals surface area contributed by atoms with Crippen molar-refractivity contribution >= 4 is 36.4 Å². The molecule has 1 aromatic carbocycles. The van der Waals surface area contributed by atoms with Crippen molar-refractivity contribution in [3.63, 3.8) is 0 Å². The van der Waals surface area contributed by atoms with E-state index < -0.39 is 5.82 Å². The van der Waals surface area contributed by atoms with Gasteiger partial charge in [0.05, 0.1) is 24.1 Å². The standard InChI is InChI=1S/C15H19ClFN3O.2ClH/c1-2-21-15-12(16)9-11(10-13(15)17)14(3-4-18)20-7-5-19-6-8-20;;/h9-10,14,19H,2-3,5-8H2,1H3;2*1H/t14-;;/m0../s1. The molecule has 1 atom stereocenters. The van der Waals surface area contributed by atoms with Crippen molar-refractivity contribution in [3.8, 4) is 11.8 Å². The van der Waals surface area contributed by atoms with Crippen LogP contribution in [0.3, 0.4) is 0 Å². The molecule has 1 saturated heterocycles. The van der Waals surface area contributed by atoms with Crippen molar-refractivity contribution in [1.29, 1.82) is 5.26 Å². The third-order valence-electron chi connectivity index (χ3n) is 3.57. The van der Waals surface area contributed by atoms with E-state index in [1.165, 1.54) is 6.07 Å². The zero-order valence-electron chi connectivity index (χ0n) is 12.8. The molecule has 4 nitrogen and oxygen atoms in total. The van der Waals surface area contributed by atoms with Crippen LogP contribution in [0.1, 0.15) is 24.9 Å². The molecule has 2 rings (SSSR count). The van der Waals surface area contributed by atoms with Gasteiger partial charge in [-0.3, -0.25) is 4.90 Å². The first-order valence-electron chi connectivity index (χ1n) is 7.10. The summed E-state index contributed by atoms with van der Waals surface area (Å²) < 4.78 is 19.4. The van der Waals surface area contributed by atoms with Crippen molar-refractivity contribution in [3.05, 3.63) is 28.5 Å². The van der Waals surface area contributed by atoms with Crippen molar-refractivity contribution in [2.75, 3.05) is 32.8 Å². The molecule has 1 heterocycles. The van der Waals surface area contributed by atoms with E-state index in [9.17, 15) is 4.39 Å². The van der Waals surface area contributed by atoms with Gasteiger partial charge in [-0.05, 0) is 24.6 Å². The van der Waals surface area contributed by atoms with Crippen molar-refractivity contribution in [2.24, 2.45) is 0 Å². The zero-order valence-corrected chi connectivity index (χ0v) is 15.2. The van der Waals surface area contributed by atoms with Gasteiger partial charge in [-0.2, -0.15) is 5.26 Å². The first-order valence-corrected chi connectivity index (χ1v) is 7.48.